The van der Waals surface area contributed by atoms with Crippen molar-refractivity contribution in [3.63, 3.8) is 0 Å². The summed E-state index contributed by atoms with van der Waals surface area (Å²) in [6.07, 6.45) is 0. The zero-order chi connectivity index (χ0) is 14.2. The number of benzene rings is 3. The average molecular weight is 265 g/mol. The van der Waals surface area contributed by atoms with E-state index in [2.05, 4.69) is 18.2 Å². The van der Waals surface area contributed by atoms with Crippen molar-refractivity contribution < 1.29 is 4.39 Å². The quantitative estimate of drug-likeness (QED) is 0.738. The van der Waals surface area contributed by atoms with Crippen molar-refractivity contribution in [3.8, 4) is 0 Å². The van der Waals surface area contributed by atoms with Crippen molar-refractivity contribution in [3.05, 3.63) is 83.7 Å². The molecule has 0 saturated carbocycles. The Labute approximate surface area is 117 Å². The molecular weight excluding hydrogens is 249 g/mol. The molecule has 0 aliphatic carbocycles. The maximum Gasteiger partial charge on any atom is 0.123 e. The van der Waals surface area contributed by atoms with E-state index < -0.39 is 5.54 Å². The fourth-order valence-corrected chi connectivity index (χ4v) is 2.65. The van der Waals surface area contributed by atoms with Gasteiger partial charge in [0.25, 0.3) is 0 Å². The topological polar surface area (TPSA) is 26.0 Å². The van der Waals surface area contributed by atoms with Gasteiger partial charge in [-0.05, 0) is 41.0 Å². The Hall–Kier alpha value is -2.19. The van der Waals surface area contributed by atoms with Gasteiger partial charge < -0.3 is 5.73 Å². The molecule has 2 heteroatoms. The van der Waals surface area contributed by atoms with Crippen LogP contribution in [-0.4, -0.2) is 0 Å². The van der Waals surface area contributed by atoms with Gasteiger partial charge >= 0.3 is 0 Å². The van der Waals surface area contributed by atoms with E-state index >= 15 is 0 Å². The summed E-state index contributed by atoms with van der Waals surface area (Å²) >= 11 is 0. The molecule has 3 aromatic rings. The van der Waals surface area contributed by atoms with E-state index in [-0.39, 0.29) is 5.82 Å². The number of hydrogen-bond donors (Lipinski definition) is 1. The zero-order valence-electron chi connectivity index (χ0n) is 11.3. The molecule has 1 nitrogen and oxygen atoms in total. The summed E-state index contributed by atoms with van der Waals surface area (Å²) in [5.74, 6) is -0.264. The van der Waals surface area contributed by atoms with Crippen LogP contribution in [0, 0.1) is 5.82 Å². The Bertz CT molecular complexity index is 757. The Balaban J connectivity index is 2.23. The smallest absolute Gasteiger partial charge is 0.123 e. The summed E-state index contributed by atoms with van der Waals surface area (Å²) < 4.78 is 13.5. The maximum absolute atomic E-state index is 13.5. The molecular formula is C18H16FN. The fourth-order valence-electron chi connectivity index (χ4n) is 2.65. The van der Waals surface area contributed by atoms with Gasteiger partial charge in [-0.1, -0.05) is 54.6 Å². The zero-order valence-corrected chi connectivity index (χ0v) is 11.3. The normalized spacial score (nSPS) is 14.2. The second-order valence-electron chi connectivity index (χ2n) is 5.24. The molecule has 2 N–H and O–H groups in total. The molecule has 1 atom stereocenters. The van der Waals surface area contributed by atoms with Gasteiger partial charge in [0.15, 0.2) is 0 Å². The van der Waals surface area contributed by atoms with E-state index in [9.17, 15) is 4.39 Å². The van der Waals surface area contributed by atoms with Gasteiger partial charge in [-0.2, -0.15) is 0 Å². The van der Waals surface area contributed by atoms with Gasteiger partial charge in [0.1, 0.15) is 5.82 Å². The van der Waals surface area contributed by atoms with Crippen LogP contribution in [0.4, 0.5) is 4.39 Å². The van der Waals surface area contributed by atoms with Crippen molar-refractivity contribution in [2.45, 2.75) is 12.5 Å². The molecule has 0 heterocycles. The Morgan fingerprint density at radius 2 is 1.60 bits per heavy atom. The number of nitrogens with two attached hydrogens (primary N) is 1. The molecule has 0 amide bonds. The highest BCUT2D eigenvalue weighted by atomic mass is 19.1. The first-order chi connectivity index (χ1) is 9.59. The van der Waals surface area contributed by atoms with Gasteiger partial charge in [-0.15, -0.1) is 0 Å². The third-order valence-electron chi connectivity index (χ3n) is 3.77. The number of fused-ring (bicyclic) bond motifs is 1. The SMILES string of the molecule is CC(N)(c1cccc(F)c1)c1cccc2ccccc12. The third-order valence-corrected chi connectivity index (χ3v) is 3.77. The van der Waals surface area contributed by atoms with Crippen molar-refractivity contribution in [2.75, 3.05) is 0 Å². The predicted octanol–water partition coefficient (Wildman–Crippen LogP) is 4.20. The first-order valence-electron chi connectivity index (χ1n) is 6.62. The minimum absolute atomic E-state index is 0.264. The molecule has 0 fully saturated rings. The minimum Gasteiger partial charge on any atom is -0.318 e. The van der Waals surface area contributed by atoms with E-state index in [0.717, 1.165) is 21.9 Å². The van der Waals surface area contributed by atoms with Gasteiger partial charge in [0.2, 0.25) is 0 Å². The van der Waals surface area contributed by atoms with Gasteiger partial charge in [-0.3, -0.25) is 0 Å². The summed E-state index contributed by atoms with van der Waals surface area (Å²) in [5, 5.41) is 2.24. The molecule has 20 heavy (non-hydrogen) atoms. The third kappa shape index (κ3) is 2.08. The highest BCUT2D eigenvalue weighted by Gasteiger charge is 2.25. The summed E-state index contributed by atoms with van der Waals surface area (Å²) in [5.41, 5.74) is 7.57. The molecule has 1 unspecified atom stereocenters. The number of hydrogen-bond acceptors (Lipinski definition) is 1. The minimum atomic E-state index is -0.733. The van der Waals surface area contributed by atoms with Crippen LogP contribution in [-0.2, 0) is 5.54 Å². The molecule has 0 radical (unpaired) electrons. The van der Waals surface area contributed by atoms with Crippen LogP contribution in [0.25, 0.3) is 10.8 Å². The largest absolute Gasteiger partial charge is 0.318 e. The van der Waals surface area contributed by atoms with Gasteiger partial charge in [0.05, 0.1) is 5.54 Å². The Kier molecular flexibility index (Phi) is 3.03. The lowest BCUT2D eigenvalue weighted by molar-refractivity contribution is 0.585. The maximum atomic E-state index is 13.5. The first-order valence-corrected chi connectivity index (χ1v) is 6.62. The Morgan fingerprint density at radius 3 is 2.40 bits per heavy atom. The molecule has 0 bridgehead atoms. The van der Waals surface area contributed by atoms with E-state index in [4.69, 9.17) is 5.73 Å². The van der Waals surface area contributed by atoms with Crippen LogP contribution < -0.4 is 5.73 Å². The lowest BCUT2D eigenvalue weighted by Gasteiger charge is -2.27. The molecule has 0 spiro atoms. The van der Waals surface area contributed by atoms with Crippen LogP contribution in [0.2, 0.25) is 0 Å². The van der Waals surface area contributed by atoms with Gasteiger partial charge in [0, 0.05) is 0 Å². The van der Waals surface area contributed by atoms with E-state index in [1.54, 1.807) is 6.07 Å². The highest BCUT2D eigenvalue weighted by molar-refractivity contribution is 5.87. The van der Waals surface area contributed by atoms with Crippen LogP contribution in [0.1, 0.15) is 18.1 Å². The molecule has 0 aliphatic heterocycles. The highest BCUT2D eigenvalue weighted by Crippen LogP contribution is 2.32. The molecule has 0 saturated heterocycles. The van der Waals surface area contributed by atoms with Crippen LogP contribution in [0.3, 0.4) is 0 Å². The van der Waals surface area contributed by atoms with Crippen molar-refractivity contribution in [1.29, 1.82) is 0 Å². The average Bonchev–Trinajstić information content (AvgIpc) is 2.46. The van der Waals surface area contributed by atoms with Crippen molar-refractivity contribution >= 4 is 10.8 Å². The molecule has 100 valence electrons. The van der Waals surface area contributed by atoms with Crippen LogP contribution in [0.15, 0.2) is 66.7 Å². The van der Waals surface area contributed by atoms with Crippen molar-refractivity contribution in [2.24, 2.45) is 5.73 Å². The Morgan fingerprint density at radius 1 is 0.900 bits per heavy atom. The summed E-state index contributed by atoms with van der Waals surface area (Å²) in [6.45, 7) is 1.92. The predicted molar refractivity (Wildman–Crippen MR) is 81.0 cm³/mol. The van der Waals surface area contributed by atoms with E-state index in [1.807, 2.05) is 37.3 Å². The lowest BCUT2D eigenvalue weighted by atomic mass is 9.83. The number of rotatable bonds is 2. The fraction of sp³-hybridized carbons (Fsp3) is 0.111. The summed E-state index contributed by atoms with van der Waals surface area (Å²) in [7, 11) is 0. The summed E-state index contributed by atoms with van der Waals surface area (Å²) in [6, 6.07) is 20.7. The molecule has 0 aromatic heterocycles. The monoisotopic (exact) mass is 265 g/mol. The standard InChI is InChI=1S/C18H16FN/c1-18(20,14-8-5-9-15(19)12-14)17-11-4-7-13-6-2-3-10-16(13)17/h2-12H,20H2,1H3. The van der Waals surface area contributed by atoms with E-state index in [1.165, 1.54) is 12.1 Å². The second-order valence-corrected chi connectivity index (χ2v) is 5.24. The van der Waals surface area contributed by atoms with Crippen LogP contribution >= 0.6 is 0 Å². The lowest BCUT2D eigenvalue weighted by Crippen LogP contribution is -2.34. The molecule has 0 aliphatic rings. The number of halogens is 1. The molecule has 3 aromatic carbocycles. The van der Waals surface area contributed by atoms with E-state index in [0.29, 0.717) is 0 Å². The van der Waals surface area contributed by atoms with Gasteiger partial charge in [-0.25, -0.2) is 4.39 Å². The van der Waals surface area contributed by atoms with Crippen LogP contribution in [0.5, 0.6) is 0 Å². The summed E-state index contributed by atoms with van der Waals surface area (Å²) in [4.78, 5) is 0. The second kappa shape index (κ2) is 4.73. The first kappa shape index (κ1) is 12.8. The van der Waals surface area contributed by atoms with Crippen molar-refractivity contribution in [1.82, 2.24) is 0 Å². The molecule has 3 rings (SSSR count).